The van der Waals surface area contributed by atoms with Crippen LogP contribution in [0.1, 0.15) is 53.8 Å². The number of anilines is 2. The van der Waals surface area contributed by atoms with E-state index in [-0.39, 0.29) is 39.7 Å². The van der Waals surface area contributed by atoms with Crippen LogP contribution in [0.2, 0.25) is 5.02 Å². The Bertz CT molecular complexity index is 2290. The van der Waals surface area contributed by atoms with Crippen LogP contribution in [0, 0.1) is 6.92 Å². The second-order valence-electron chi connectivity index (χ2n) is 12.7. The number of carbonyl (C=O) groups is 2. The van der Waals surface area contributed by atoms with Crippen molar-refractivity contribution in [2.45, 2.75) is 59.4 Å². The Labute approximate surface area is 312 Å². The molecule has 1 unspecified atom stereocenters. The molecule has 18 heteroatoms. The number of hydrogen-bond acceptors (Lipinski definition) is 10. The molecule has 0 saturated carbocycles. The van der Waals surface area contributed by atoms with Crippen LogP contribution >= 0.6 is 11.6 Å². The second kappa shape index (κ2) is 15.3. The summed E-state index contributed by atoms with van der Waals surface area (Å²) in [6.07, 6.45) is -1.21. The summed E-state index contributed by atoms with van der Waals surface area (Å²) in [6, 6.07) is 8.62. The summed E-state index contributed by atoms with van der Waals surface area (Å²) >= 11 is 5.49. The van der Waals surface area contributed by atoms with Crippen LogP contribution in [0.5, 0.6) is 11.5 Å². The van der Waals surface area contributed by atoms with E-state index in [0.717, 1.165) is 47.2 Å². The average Bonchev–Trinajstić information content (AvgIpc) is 3.76. The molecule has 284 valence electrons. The van der Waals surface area contributed by atoms with E-state index in [1.807, 2.05) is 48.4 Å². The summed E-state index contributed by atoms with van der Waals surface area (Å²) in [5.41, 5.74) is 2.85. The summed E-state index contributed by atoms with van der Waals surface area (Å²) < 4.78 is 45.7. The third-order valence-corrected chi connectivity index (χ3v) is 9.55. The number of amides is 2. The number of aryl methyl sites for hydroxylation is 2. The van der Waals surface area contributed by atoms with Crippen molar-refractivity contribution in [2.75, 3.05) is 36.4 Å². The number of aromatic hydroxyl groups is 1. The van der Waals surface area contributed by atoms with Gasteiger partial charge in [0.05, 0.1) is 22.0 Å². The molecular formula is C36H37ClF3N9O5. The number of fused-ring (bicyclic) bond motifs is 2. The molecule has 14 nitrogen and oxygen atoms in total. The lowest BCUT2D eigenvalue weighted by atomic mass is 10.1. The maximum Gasteiger partial charge on any atom is 0.416 e. The predicted octanol–water partition coefficient (Wildman–Crippen LogP) is 5.16. The van der Waals surface area contributed by atoms with Crippen LogP contribution in [0.25, 0.3) is 17.2 Å². The topological polar surface area (TPSA) is 160 Å². The Balaban J connectivity index is 0.000000300. The number of halogens is 4. The average molecular weight is 768 g/mol. The highest BCUT2D eigenvalue weighted by atomic mass is 35.5. The smallest absolute Gasteiger partial charge is 0.416 e. The largest absolute Gasteiger partial charge is 0.504 e. The Kier molecular flexibility index (Phi) is 10.8. The highest BCUT2D eigenvalue weighted by molar-refractivity contribution is 6.33. The minimum atomic E-state index is -4.43. The molecule has 2 aliphatic rings. The fraction of sp³-hybridized carbons (Fsp3) is 0.361. The van der Waals surface area contributed by atoms with Gasteiger partial charge in [0.1, 0.15) is 23.9 Å². The Morgan fingerprint density at radius 1 is 1.11 bits per heavy atom. The molecule has 0 radical (unpaired) electrons. The van der Waals surface area contributed by atoms with E-state index in [9.17, 15) is 32.7 Å². The number of hydrogen-bond donors (Lipinski definition) is 2. The normalized spacial score (nSPS) is 15.4. The van der Waals surface area contributed by atoms with Gasteiger partial charge in [0.25, 0.3) is 11.5 Å². The van der Waals surface area contributed by atoms with Crippen molar-refractivity contribution in [3.8, 4) is 22.9 Å². The molecule has 0 spiro atoms. The first-order valence-electron chi connectivity index (χ1n) is 17.2. The summed E-state index contributed by atoms with van der Waals surface area (Å²) in [5, 5.41) is 17.0. The van der Waals surface area contributed by atoms with E-state index in [0.29, 0.717) is 68.5 Å². The molecule has 54 heavy (non-hydrogen) atoms. The molecule has 2 N–H and O–H groups in total. The van der Waals surface area contributed by atoms with Crippen LogP contribution < -0.4 is 20.5 Å². The standard InChI is InChI=1S/C28H32N8O4.C8H5ClF3NO/c1-5-20-23(33-9-11-34(12-10-33)26(38)22-24(37)17(4)29-15-30-22)27(39)36-28(35(20)6-2)31-25(32-36)18-7-8-21-19(14-18)13-16(3)40-21;9-6-3-5(8(10,11)12)1-2-7(6)13-4-14/h7-8,14-16,37H,5-6,9-13H2,1-4H3;1-4H,(H,13,14). The molecule has 0 bridgehead atoms. The van der Waals surface area contributed by atoms with Crippen LogP contribution in [0.3, 0.4) is 0 Å². The van der Waals surface area contributed by atoms with Gasteiger partial charge >= 0.3 is 6.18 Å². The lowest BCUT2D eigenvalue weighted by molar-refractivity contribution is -0.137. The van der Waals surface area contributed by atoms with Crippen molar-refractivity contribution in [1.29, 1.82) is 0 Å². The second-order valence-corrected chi connectivity index (χ2v) is 13.1. The predicted molar refractivity (Wildman–Crippen MR) is 194 cm³/mol. The summed E-state index contributed by atoms with van der Waals surface area (Å²) in [5.74, 6) is 1.33. The maximum absolute atomic E-state index is 13.9. The first-order chi connectivity index (χ1) is 25.7. The number of nitrogens with zero attached hydrogens (tertiary/aromatic N) is 8. The first kappa shape index (κ1) is 38.0. The first-order valence-corrected chi connectivity index (χ1v) is 17.6. The van der Waals surface area contributed by atoms with Crippen molar-refractivity contribution >= 4 is 41.1 Å². The number of nitrogens with one attached hydrogen (secondary N) is 1. The van der Waals surface area contributed by atoms with Crippen molar-refractivity contribution in [3.05, 3.63) is 86.3 Å². The fourth-order valence-electron chi connectivity index (χ4n) is 6.56. The number of piperazine rings is 1. The molecule has 1 fully saturated rings. The Morgan fingerprint density at radius 3 is 2.50 bits per heavy atom. The number of carbonyl (C=O) groups excluding carboxylic acids is 2. The van der Waals surface area contributed by atoms with Gasteiger partial charge < -0.3 is 29.5 Å². The maximum atomic E-state index is 13.9. The molecule has 3 aromatic heterocycles. The van der Waals surface area contributed by atoms with E-state index in [1.165, 1.54) is 10.8 Å². The van der Waals surface area contributed by atoms with Crippen LogP contribution in [0.4, 0.5) is 24.5 Å². The summed E-state index contributed by atoms with van der Waals surface area (Å²) in [6.45, 7) is 10.0. The van der Waals surface area contributed by atoms with Gasteiger partial charge in [0.15, 0.2) is 17.3 Å². The van der Waals surface area contributed by atoms with Crippen LogP contribution in [-0.2, 0) is 30.4 Å². The van der Waals surface area contributed by atoms with Crippen LogP contribution in [-0.4, -0.2) is 83.7 Å². The lowest BCUT2D eigenvalue weighted by Crippen LogP contribution is -2.51. The number of aromatic nitrogens is 6. The quantitative estimate of drug-likeness (QED) is 0.212. The Hall–Kier alpha value is -5.71. The molecule has 2 amide bonds. The van der Waals surface area contributed by atoms with Gasteiger partial charge in [0, 0.05) is 50.4 Å². The van der Waals surface area contributed by atoms with Gasteiger partial charge in [-0.1, -0.05) is 18.5 Å². The third-order valence-electron chi connectivity index (χ3n) is 9.23. The molecule has 2 aliphatic heterocycles. The van der Waals surface area contributed by atoms with Crippen molar-refractivity contribution in [1.82, 2.24) is 34.0 Å². The zero-order chi connectivity index (χ0) is 38.9. The number of rotatable bonds is 7. The summed E-state index contributed by atoms with van der Waals surface area (Å²) in [4.78, 5) is 53.4. The number of alkyl halides is 3. The minimum absolute atomic E-state index is 0.00678. The van der Waals surface area contributed by atoms with Gasteiger partial charge in [0.2, 0.25) is 12.2 Å². The highest BCUT2D eigenvalue weighted by Crippen LogP contribution is 2.34. The molecule has 2 aromatic carbocycles. The summed E-state index contributed by atoms with van der Waals surface area (Å²) in [7, 11) is 0. The van der Waals surface area contributed by atoms with E-state index < -0.39 is 11.7 Å². The molecule has 1 atom stereocenters. The molecule has 7 rings (SSSR count). The van der Waals surface area contributed by atoms with E-state index in [4.69, 9.17) is 21.3 Å². The van der Waals surface area contributed by atoms with Crippen molar-refractivity contribution < 1.29 is 32.6 Å². The molecule has 5 aromatic rings. The zero-order valence-corrected chi connectivity index (χ0v) is 30.6. The van der Waals surface area contributed by atoms with E-state index >= 15 is 0 Å². The van der Waals surface area contributed by atoms with Crippen molar-refractivity contribution in [2.24, 2.45) is 0 Å². The molecule has 0 aliphatic carbocycles. The molecule has 1 saturated heterocycles. The Morgan fingerprint density at radius 2 is 1.85 bits per heavy atom. The minimum Gasteiger partial charge on any atom is -0.504 e. The molecular weight excluding hydrogens is 731 g/mol. The van der Waals surface area contributed by atoms with Gasteiger partial charge in [-0.05, 0) is 69.2 Å². The third kappa shape index (κ3) is 7.40. The molecule has 5 heterocycles. The van der Waals surface area contributed by atoms with Crippen LogP contribution in [0.15, 0.2) is 47.5 Å². The zero-order valence-electron chi connectivity index (χ0n) is 29.8. The number of benzene rings is 2. The number of ether oxygens (including phenoxy) is 1. The van der Waals surface area contributed by atoms with Gasteiger partial charge in [-0.15, -0.1) is 5.10 Å². The van der Waals surface area contributed by atoms with Gasteiger partial charge in [-0.3, -0.25) is 14.4 Å². The lowest BCUT2D eigenvalue weighted by Gasteiger charge is -2.36. The SMILES string of the molecule is CCc1c(N2CCN(C(=O)c3ncnc(C)c3O)CC2)c(=O)n2nc(-c3ccc4c(c3)CC(C)O4)nc2n1CC.O=CNc1ccc(C(F)(F)F)cc1Cl. The highest BCUT2D eigenvalue weighted by Gasteiger charge is 2.32. The monoisotopic (exact) mass is 767 g/mol. The van der Waals surface area contributed by atoms with Gasteiger partial charge in [-0.25, -0.2) is 9.97 Å². The van der Waals surface area contributed by atoms with Crippen molar-refractivity contribution in [3.63, 3.8) is 0 Å². The fourth-order valence-corrected chi connectivity index (χ4v) is 6.79. The van der Waals surface area contributed by atoms with E-state index in [2.05, 4.69) is 20.4 Å². The van der Waals surface area contributed by atoms with Gasteiger partial charge in [-0.2, -0.15) is 22.7 Å². The van der Waals surface area contributed by atoms with E-state index in [1.54, 1.807) is 11.8 Å².